The number of hydrogen-bond acceptors (Lipinski definition) is 6. The molecule has 2 aliphatic rings. The molecular formula is C27H33Cl2N5O5. The minimum absolute atomic E-state index is 0.0636. The van der Waals surface area contributed by atoms with Crippen molar-refractivity contribution < 1.29 is 24.2 Å². The van der Waals surface area contributed by atoms with Crippen molar-refractivity contribution in [2.45, 2.75) is 63.8 Å². The molecule has 10 nitrogen and oxygen atoms in total. The van der Waals surface area contributed by atoms with E-state index >= 15 is 0 Å². The van der Waals surface area contributed by atoms with Gasteiger partial charge in [-0.15, -0.1) is 0 Å². The number of urea groups is 1. The first-order valence-corrected chi connectivity index (χ1v) is 13.9. The van der Waals surface area contributed by atoms with Crippen LogP contribution in [0.2, 0.25) is 10.0 Å². The number of pyridine rings is 1. The van der Waals surface area contributed by atoms with Crippen LogP contribution in [0, 0.1) is 5.92 Å². The fourth-order valence-electron chi connectivity index (χ4n) is 4.86. The molecule has 3 amide bonds. The highest BCUT2D eigenvalue weighted by Gasteiger charge is 2.39. The first-order valence-electron chi connectivity index (χ1n) is 13.1. The number of benzene rings is 1. The maximum atomic E-state index is 12.7. The number of carbonyl (C=O) groups excluding carboxylic acids is 2. The van der Waals surface area contributed by atoms with Gasteiger partial charge in [0.1, 0.15) is 5.02 Å². The number of likely N-dealkylation sites (tertiary alicyclic amines) is 1. The molecule has 0 unspecified atom stereocenters. The fourth-order valence-corrected chi connectivity index (χ4v) is 5.28. The molecule has 2 heterocycles. The third kappa shape index (κ3) is 7.97. The Morgan fingerprint density at radius 2 is 1.92 bits per heavy atom. The van der Waals surface area contributed by atoms with Crippen LogP contribution >= 0.6 is 23.2 Å². The third-order valence-corrected chi connectivity index (χ3v) is 7.66. The van der Waals surface area contributed by atoms with Crippen LogP contribution in [-0.4, -0.2) is 64.2 Å². The van der Waals surface area contributed by atoms with Crippen LogP contribution in [-0.2, 0) is 16.1 Å². The van der Waals surface area contributed by atoms with Crippen molar-refractivity contribution in [3.8, 4) is 5.88 Å². The normalized spacial score (nSPS) is 20.4. The van der Waals surface area contributed by atoms with Gasteiger partial charge in [-0.05, 0) is 55.9 Å². The fraction of sp³-hybridized carbons (Fsp3) is 0.481. The molecule has 2 fully saturated rings. The number of halogens is 2. The zero-order chi connectivity index (χ0) is 27.9. The number of ether oxygens (including phenoxy) is 1. The van der Waals surface area contributed by atoms with E-state index in [1.165, 1.54) is 12.3 Å². The summed E-state index contributed by atoms with van der Waals surface area (Å²) in [5, 5.41) is 18.4. The molecule has 0 radical (unpaired) electrons. The number of hydrogen-bond donors (Lipinski definition) is 4. The molecule has 1 saturated carbocycles. The highest BCUT2D eigenvalue weighted by atomic mass is 35.5. The van der Waals surface area contributed by atoms with Crippen LogP contribution in [0.4, 0.5) is 10.5 Å². The van der Waals surface area contributed by atoms with Gasteiger partial charge in [0.05, 0.1) is 10.9 Å². The molecule has 1 aromatic heterocycles. The van der Waals surface area contributed by atoms with Gasteiger partial charge in [-0.2, -0.15) is 0 Å². The number of carbonyl (C=O) groups is 3. The molecule has 0 bridgehead atoms. The van der Waals surface area contributed by atoms with Crippen molar-refractivity contribution in [1.29, 1.82) is 0 Å². The van der Waals surface area contributed by atoms with E-state index in [0.29, 0.717) is 36.0 Å². The van der Waals surface area contributed by atoms with Gasteiger partial charge in [0.25, 0.3) is 5.91 Å². The highest BCUT2D eigenvalue weighted by molar-refractivity contribution is 6.35. The predicted molar refractivity (Wildman–Crippen MR) is 148 cm³/mol. The highest BCUT2D eigenvalue weighted by Crippen LogP contribution is 2.33. The summed E-state index contributed by atoms with van der Waals surface area (Å²) in [7, 11) is 0. The number of carboxylic acids is 1. The lowest BCUT2D eigenvalue weighted by Gasteiger charge is -2.44. The first kappa shape index (κ1) is 28.9. The first-order chi connectivity index (χ1) is 18.7. The van der Waals surface area contributed by atoms with E-state index < -0.39 is 12.1 Å². The van der Waals surface area contributed by atoms with Gasteiger partial charge in [-0.25, -0.2) is 9.78 Å². The summed E-state index contributed by atoms with van der Waals surface area (Å²) >= 11 is 12.0. The van der Waals surface area contributed by atoms with E-state index in [2.05, 4.69) is 25.8 Å². The molecule has 1 aliphatic heterocycles. The minimum atomic E-state index is -0.780. The SMILES string of the molecule is CC[C@@H](Oc1ncc(Cl)cc1Cl)C(=O)NCc1cccc(NC(=O)NC2CCN(C3CC(C(=O)O)C3)CC2)c1. The summed E-state index contributed by atoms with van der Waals surface area (Å²) in [6, 6.07) is 8.88. The minimum Gasteiger partial charge on any atom is -0.481 e. The van der Waals surface area contributed by atoms with E-state index in [0.717, 1.165) is 31.5 Å². The molecular weight excluding hydrogens is 545 g/mol. The van der Waals surface area contributed by atoms with Crippen molar-refractivity contribution >= 4 is 46.8 Å². The molecule has 1 atom stereocenters. The second-order valence-corrected chi connectivity index (χ2v) is 10.8. The van der Waals surface area contributed by atoms with Crippen LogP contribution in [0.25, 0.3) is 0 Å². The molecule has 1 aliphatic carbocycles. The van der Waals surface area contributed by atoms with Crippen LogP contribution in [0.3, 0.4) is 0 Å². The average Bonchev–Trinajstić information content (AvgIpc) is 2.87. The van der Waals surface area contributed by atoms with Crippen LogP contribution < -0.4 is 20.7 Å². The number of anilines is 1. The molecule has 1 saturated heterocycles. The molecule has 210 valence electrons. The Hall–Kier alpha value is -3.08. The lowest BCUT2D eigenvalue weighted by molar-refractivity contribution is -0.147. The maximum absolute atomic E-state index is 12.7. The van der Waals surface area contributed by atoms with E-state index in [-0.39, 0.29) is 41.3 Å². The Balaban J connectivity index is 1.20. The quantitative estimate of drug-likeness (QED) is 0.330. The Labute approximate surface area is 237 Å². The monoisotopic (exact) mass is 577 g/mol. The average molecular weight is 578 g/mol. The zero-order valence-electron chi connectivity index (χ0n) is 21.7. The molecule has 12 heteroatoms. The number of carboxylic acid groups (broad SMARTS) is 1. The van der Waals surface area contributed by atoms with Crippen LogP contribution in [0.1, 0.15) is 44.6 Å². The second-order valence-electron chi connectivity index (χ2n) is 9.94. The predicted octanol–water partition coefficient (Wildman–Crippen LogP) is 4.31. The van der Waals surface area contributed by atoms with Crippen molar-refractivity contribution in [2.24, 2.45) is 5.92 Å². The summed E-state index contributed by atoms with van der Waals surface area (Å²) in [5.41, 5.74) is 1.43. The molecule has 4 N–H and O–H groups in total. The van der Waals surface area contributed by atoms with E-state index in [1.54, 1.807) is 12.1 Å². The van der Waals surface area contributed by atoms with Gasteiger partial charge >= 0.3 is 12.0 Å². The van der Waals surface area contributed by atoms with Crippen molar-refractivity contribution in [1.82, 2.24) is 20.5 Å². The summed E-state index contributed by atoms with van der Waals surface area (Å²) in [6.07, 6.45) is 4.11. The maximum Gasteiger partial charge on any atom is 0.319 e. The van der Waals surface area contributed by atoms with Gasteiger partial charge < -0.3 is 30.7 Å². The second kappa shape index (κ2) is 13.3. The van der Waals surface area contributed by atoms with Gasteiger partial charge in [0.15, 0.2) is 6.10 Å². The molecule has 2 aromatic rings. The number of piperidine rings is 1. The largest absolute Gasteiger partial charge is 0.481 e. The molecule has 0 spiro atoms. The van der Waals surface area contributed by atoms with Gasteiger partial charge in [-0.1, -0.05) is 42.3 Å². The van der Waals surface area contributed by atoms with Crippen molar-refractivity contribution in [3.05, 3.63) is 52.1 Å². The Morgan fingerprint density at radius 3 is 2.59 bits per heavy atom. The third-order valence-electron chi connectivity index (χ3n) is 7.19. The van der Waals surface area contributed by atoms with Gasteiger partial charge in [0.2, 0.25) is 5.88 Å². The summed E-state index contributed by atoms with van der Waals surface area (Å²) < 4.78 is 5.69. The smallest absolute Gasteiger partial charge is 0.319 e. The topological polar surface area (TPSA) is 133 Å². The lowest BCUT2D eigenvalue weighted by Crippen LogP contribution is -2.53. The summed E-state index contributed by atoms with van der Waals surface area (Å²) in [4.78, 5) is 42.7. The van der Waals surface area contributed by atoms with E-state index in [1.807, 2.05) is 19.1 Å². The van der Waals surface area contributed by atoms with Crippen molar-refractivity contribution in [3.63, 3.8) is 0 Å². The molecule has 39 heavy (non-hydrogen) atoms. The van der Waals surface area contributed by atoms with E-state index in [4.69, 9.17) is 33.0 Å². The van der Waals surface area contributed by atoms with Crippen LogP contribution in [0.5, 0.6) is 5.88 Å². The summed E-state index contributed by atoms with van der Waals surface area (Å²) in [5.74, 6) is -1.09. The molecule has 4 rings (SSSR count). The number of aromatic nitrogens is 1. The Morgan fingerprint density at radius 1 is 1.18 bits per heavy atom. The number of nitrogens with zero attached hydrogens (tertiary/aromatic N) is 2. The molecule has 1 aromatic carbocycles. The van der Waals surface area contributed by atoms with Crippen molar-refractivity contribution in [2.75, 3.05) is 18.4 Å². The number of rotatable bonds is 10. The van der Waals surface area contributed by atoms with Crippen LogP contribution in [0.15, 0.2) is 36.5 Å². The summed E-state index contributed by atoms with van der Waals surface area (Å²) in [6.45, 7) is 3.77. The zero-order valence-corrected chi connectivity index (χ0v) is 23.2. The number of amides is 3. The van der Waals surface area contributed by atoms with Gasteiger partial charge in [0, 0.05) is 43.6 Å². The van der Waals surface area contributed by atoms with Gasteiger partial charge in [-0.3, -0.25) is 9.59 Å². The Kier molecular flexibility index (Phi) is 9.88. The standard InChI is InChI=1S/C27H33Cl2N5O5/c1-2-23(39-25-22(29)13-18(28)15-31-25)24(35)30-14-16-4-3-5-20(10-16)33-27(38)32-19-6-8-34(9-7-19)21-11-17(12-21)26(36)37/h3-5,10,13,15,17,19,21,23H,2,6-9,11-12,14H2,1H3,(H,30,35)(H,36,37)(H2,32,33,38)/t17?,21?,23-/m1/s1. The van der Waals surface area contributed by atoms with E-state index in [9.17, 15) is 14.4 Å². The number of nitrogens with one attached hydrogen (secondary N) is 3. The Bertz CT molecular complexity index is 1180. The lowest BCUT2D eigenvalue weighted by atomic mass is 9.78. The number of aliphatic carboxylic acids is 1.